The average molecular weight is 1600 g/mol. The molecular formula is C75H93Cl2N11O24. The van der Waals surface area contributed by atoms with Crippen molar-refractivity contribution < 1.29 is 118 Å². The summed E-state index contributed by atoms with van der Waals surface area (Å²) in [5.41, 5.74) is 7.79. The van der Waals surface area contributed by atoms with Crippen molar-refractivity contribution in [1.29, 1.82) is 0 Å². The van der Waals surface area contributed by atoms with Crippen LogP contribution in [0.2, 0.25) is 10.0 Å². The van der Waals surface area contributed by atoms with Gasteiger partial charge in [-0.1, -0.05) is 87.9 Å². The van der Waals surface area contributed by atoms with Crippen molar-refractivity contribution in [3.8, 4) is 57.1 Å². The largest absolute Gasteiger partial charge is 0.508 e. The van der Waals surface area contributed by atoms with Crippen molar-refractivity contribution in [3.05, 3.63) is 117 Å². The fourth-order valence-corrected chi connectivity index (χ4v) is 14.4. The number of carboxylic acids is 1. The number of hydrogen-bond acceptors (Lipinski definition) is 26. The van der Waals surface area contributed by atoms with Crippen molar-refractivity contribution in [3.63, 3.8) is 0 Å². The van der Waals surface area contributed by atoms with Gasteiger partial charge in [-0.15, -0.1) is 0 Å². The maximum atomic E-state index is 16.2. The summed E-state index contributed by atoms with van der Waals surface area (Å²) in [5, 5.41) is 128. The smallest absolute Gasteiger partial charge is 0.330 e. The number of aliphatic hydroxyl groups is 5. The molecule has 12 rings (SSSR count). The minimum absolute atomic E-state index is 0.103. The third-order valence-corrected chi connectivity index (χ3v) is 20.6. The molecule has 5 aromatic rings. The predicted molar refractivity (Wildman–Crippen MR) is 397 cm³/mol. The molecule has 7 heterocycles. The molecule has 18 atom stereocenters. The van der Waals surface area contributed by atoms with Crippen LogP contribution in [-0.2, 0) is 57.4 Å². The highest BCUT2D eigenvalue weighted by atomic mass is 35.5. The van der Waals surface area contributed by atoms with E-state index in [4.69, 9.17) is 63.1 Å². The van der Waals surface area contributed by atoms with Crippen molar-refractivity contribution >= 4 is 76.4 Å². The van der Waals surface area contributed by atoms with Gasteiger partial charge >= 0.3 is 5.97 Å². The second-order valence-corrected chi connectivity index (χ2v) is 29.6. The summed E-state index contributed by atoms with van der Waals surface area (Å²) < 4.78 is 39.4. The van der Waals surface area contributed by atoms with Crippen molar-refractivity contribution in [2.24, 2.45) is 17.4 Å². The van der Waals surface area contributed by atoms with Crippen LogP contribution < -0.4 is 73.5 Å². The molecule has 11 bridgehead atoms. The summed E-state index contributed by atoms with van der Waals surface area (Å²) in [4.78, 5) is 131. The zero-order chi connectivity index (χ0) is 81.5. The van der Waals surface area contributed by atoms with Crippen molar-refractivity contribution in [2.75, 3.05) is 26.7 Å². The Morgan fingerprint density at radius 1 is 0.705 bits per heavy atom. The van der Waals surface area contributed by atoms with E-state index in [2.05, 4.69) is 54.8 Å². The number of rotatable bonds is 22. The molecule has 112 heavy (non-hydrogen) atoms. The zero-order valence-corrected chi connectivity index (χ0v) is 63.2. The standard InChI is InChI=1S/C75H93Cl2N11O24/c1-7-8-9-10-11-18-81-52(93)30-82-75(5)28-53(107-32(4)66(75)98)111-65-63(97)62(96)50(29-78)110-74(65)112-64-48-23-36-24-49(64)109-47-17-14-35(22-41(47)77)61(95)59-72(104)86-57(73(105)106)39-25-37(89)26-45(91)54(39)38-20-33(12-15-44(38)90)55(69(101)88-59)85-70(102)56(36)84-68(100)43(27-51(79)92)83-71(103)58(87-67(99)42(80-6)19-31(2)3)60(94)34-13-16-46(108-48)40(76)21-34/h12-17,20-26,31-32,42-43,50,53,55-63,65-66,74,80,82,89-91,94-98H,7-11,18-19,27-30,78H2,1-6H3,(H2,79,92)(H,81,93)(H,83,103)(H,84,100)(H,85,102)(H,86,104)(H,87,99)(H,88,101)(H,105,106)/t32-,42+,43-,50+,53-,55+,56+,57-,58+,59-,60+,61+,62+,63-,65+,66+,74-,75-/m0/s1. The van der Waals surface area contributed by atoms with Crippen LogP contribution in [0.15, 0.2) is 78.9 Å². The maximum absolute atomic E-state index is 16.2. The number of carbonyl (C=O) groups excluding carboxylic acids is 8. The Balaban J connectivity index is 1.19. The number of hydrogen-bond donors (Lipinski definition) is 20. The van der Waals surface area contributed by atoms with Gasteiger partial charge in [-0.2, -0.15) is 0 Å². The van der Waals surface area contributed by atoms with Gasteiger partial charge in [-0.05, 0) is 117 Å². The van der Waals surface area contributed by atoms with E-state index in [1.54, 1.807) is 6.92 Å². The van der Waals surface area contributed by atoms with Crippen LogP contribution in [0.3, 0.4) is 0 Å². The van der Waals surface area contributed by atoms with Gasteiger partial charge in [0.15, 0.2) is 29.9 Å². The number of unbranched alkanes of at least 4 members (excludes halogenated alkanes) is 4. The molecule has 7 aliphatic rings. The molecule has 0 aliphatic carbocycles. The predicted octanol–water partition coefficient (Wildman–Crippen LogP) is 1.79. The van der Waals surface area contributed by atoms with Gasteiger partial charge in [0.25, 0.3) is 0 Å². The van der Waals surface area contributed by atoms with Crippen LogP contribution in [0.1, 0.15) is 144 Å². The van der Waals surface area contributed by atoms with Crippen LogP contribution >= 0.6 is 23.2 Å². The Morgan fingerprint density at radius 2 is 1.33 bits per heavy atom. The van der Waals surface area contributed by atoms with Gasteiger partial charge in [-0.3, -0.25) is 38.4 Å². The second kappa shape index (κ2) is 36.4. The van der Waals surface area contributed by atoms with E-state index in [1.165, 1.54) is 26.1 Å². The lowest BCUT2D eigenvalue weighted by Gasteiger charge is -2.48. The molecule has 2 fully saturated rings. The number of likely N-dealkylation sites (N-methyl/N-ethyl adjacent to an activating group) is 1. The number of aliphatic hydroxyl groups excluding tert-OH is 5. The Morgan fingerprint density at radius 3 is 1.95 bits per heavy atom. The minimum atomic E-state index is -2.35. The molecule has 0 aromatic heterocycles. The normalized spacial score (nSPS) is 27.7. The molecule has 8 amide bonds. The number of phenols is 3. The number of nitrogens with one attached hydrogen (secondary N) is 9. The first-order chi connectivity index (χ1) is 53.1. The van der Waals surface area contributed by atoms with Crippen LogP contribution in [-0.4, -0.2) is 205 Å². The molecule has 35 nitrogen and oxygen atoms in total. The number of ether oxygens (including phenoxy) is 6. The number of nitrogens with two attached hydrogens (primary N) is 2. The molecule has 0 saturated carbocycles. The Hall–Kier alpha value is -9.73. The fourth-order valence-electron chi connectivity index (χ4n) is 14.0. The molecule has 5 aromatic carbocycles. The SMILES string of the molecule is CCCCCCCNC(=O)CN[C@@]1(C)C[C@H](O[C@H]2[C@H](Oc3c4cc5cc3Oc3ccc(cc3Cl)[C@@H](O)[C@@H](NC(=O)[C@@H](CC(C)C)NC)C(=O)N[C@@H](CC(N)=O)C(=O)N[C@H]5C(=O)N[C@H]3C(=O)N[C@H](C(=O)N[C@H](C(=O)O)c5cc(O)cc(O)c5-c5cc3ccc5O)[C@H](O)c3ccc(c(Cl)c3)O4)O[C@H](CN)[C@@H](O)[C@@H]2O)O[C@@H](C)[C@H]1O. The molecule has 0 unspecified atom stereocenters. The second-order valence-electron chi connectivity index (χ2n) is 28.8. The number of phenolic OH excluding ortho intramolecular Hbond substituents is 3. The number of primary amides is 1. The van der Waals surface area contributed by atoms with E-state index in [0.717, 1.165) is 98.8 Å². The lowest BCUT2D eigenvalue weighted by Crippen LogP contribution is -2.66. The lowest BCUT2D eigenvalue weighted by atomic mass is 9.85. The molecule has 0 radical (unpaired) electrons. The number of carboxylic acid groups (broad SMARTS) is 1. The van der Waals surface area contributed by atoms with E-state index in [0.29, 0.717) is 6.54 Å². The molecule has 22 N–H and O–H groups in total. The highest BCUT2D eigenvalue weighted by molar-refractivity contribution is 6.32. The van der Waals surface area contributed by atoms with Crippen LogP contribution in [0, 0.1) is 5.92 Å². The topological polar surface area (TPSA) is 551 Å². The number of halogens is 2. The number of benzene rings is 5. The third kappa shape index (κ3) is 19.3. The fraction of sp³-hybridized carbons (Fsp3) is 0.480. The quantitative estimate of drug-likeness (QED) is 0.0439. The van der Waals surface area contributed by atoms with Gasteiger partial charge in [0.05, 0.1) is 41.3 Å². The summed E-state index contributed by atoms with van der Waals surface area (Å²) in [7, 11) is 1.48. The van der Waals surface area contributed by atoms with Gasteiger partial charge < -0.3 is 134 Å². The lowest BCUT2D eigenvalue weighted by molar-refractivity contribution is -0.331. The van der Waals surface area contributed by atoms with Crippen molar-refractivity contribution in [2.45, 2.75) is 195 Å². The van der Waals surface area contributed by atoms with Gasteiger partial charge in [0.2, 0.25) is 59.3 Å². The summed E-state index contributed by atoms with van der Waals surface area (Å²) >= 11 is 14.3. The van der Waals surface area contributed by atoms with Gasteiger partial charge in [0.1, 0.15) is 89.5 Å². The minimum Gasteiger partial charge on any atom is -0.508 e. The summed E-state index contributed by atoms with van der Waals surface area (Å²) in [6, 6.07) is -0.564. The van der Waals surface area contributed by atoms with Gasteiger partial charge in [-0.25, -0.2) is 4.79 Å². The summed E-state index contributed by atoms with van der Waals surface area (Å²) in [6.07, 6.45) is -13.7. The molecule has 0 spiro atoms. The Labute approximate surface area is 652 Å². The summed E-state index contributed by atoms with van der Waals surface area (Å²) in [5.74, 6) is -16.3. The van der Waals surface area contributed by atoms with Crippen LogP contribution in [0.4, 0.5) is 0 Å². The van der Waals surface area contributed by atoms with Gasteiger partial charge in [0, 0.05) is 47.8 Å². The number of aromatic hydroxyl groups is 3. The van der Waals surface area contributed by atoms with Crippen molar-refractivity contribution in [1.82, 2.24) is 47.9 Å². The molecule has 37 heteroatoms. The number of fused-ring (bicyclic) bond motifs is 15. The maximum Gasteiger partial charge on any atom is 0.330 e. The molecular weight excluding hydrogens is 1510 g/mol. The average Bonchev–Trinajstić information content (AvgIpc) is 0.767. The third-order valence-electron chi connectivity index (χ3n) is 20.0. The first-order valence-corrected chi connectivity index (χ1v) is 37.2. The number of carbonyl (C=O) groups is 9. The highest BCUT2D eigenvalue weighted by Gasteiger charge is 2.52. The van der Waals surface area contributed by atoms with E-state index >= 15 is 14.4 Å². The monoisotopic (exact) mass is 1600 g/mol. The van der Waals surface area contributed by atoms with E-state index in [9.17, 15) is 74.7 Å². The van der Waals surface area contributed by atoms with E-state index in [-0.39, 0.29) is 58.7 Å². The molecule has 606 valence electrons. The Bertz CT molecular complexity index is 4370. The summed E-state index contributed by atoms with van der Waals surface area (Å²) in [6.45, 7) is 8.53. The van der Waals surface area contributed by atoms with E-state index in [1.807, 2.05) is 13.8 Å². The first kappa shape index (κ1) is 84.7. The van der Waals surface area contributed by atoms with E-state index < -0.39 is 237 Å². The Kier molecular flexibility index (Phi) is 27.5. The highest BCUT2D eigenvalue weighted by Crippen LogP contribution is 2.50. The number of amides is 8. The number of aliphatic carboxylic acids is 1. The molecule has 2 saturated heterocycles. The van der Waals surface area contributed by atoms with Crippen LogP contribution in [0.25, 0.3) is 11.1 Å². The van der Waals surface area contributed by atoms with Crippen LogP contribution in [0.5, 0.6) is 46.0 Å². The molecule has 7 aliphatic heterocycles. The first-order valence-electron chi connectivity index (χ1n) is 36.4. The zero-order valence-electron chi connectivity index (χ0n) is 61.7.